The molecule has 0 saturated heterocycles. The molecule has 1 aliphatic heterocycles. The summed E-state index contributed by atoms with van der Waals surface area (Å²) in [5.41, 5.74) is 1.24. The number of hydrogen-bond acceptors (Lipinski definition) is 2. The summed E-state index contributed by atoms with van der Waals surface area (Å²) in [6, 6.07) is 9.23. The molecule has 0 spiro atoms. The molecule has 0 radical (unpaired) electrons. The highest BCUT2D eigenvalue weighted by Gasteiger charge is 2.43. The van der Waals surface area contributed by atoms with E-state index in [1.165, 1.54) is 44.1 Å². The summed E-state index contributed by atoms with van der Waals surface area (Å²) in [6.45, 7) is 0.764. The summed E-state index contributed by atoms with van der Waals surface area (Å²) in [7, 11) is 1.87. The van der Waals surface area contributed by atoms with Gasteiger partial charge in [-0.05, 0) is 24.3 Å². The number of rotatable bonds is 3. The predicted octanol–water partition coefficient (Wildman–Crippen LogP) is 3.64. The summed E-state index contributed by atoms with van der Waals surface area (Å²) < 4.78 is 5.76. The Morgan fingerprint density at radius 1 is 1.08 bits per heavy atom. The van der Waals surface area contributed by atoms with Crippen molar-refractivity contribution in [2.75, 3.05) is 13.7 Å². The number of hydrogen-bond donors (Lipinski definition) is 2. The second-order valence-corrected chi connectivity index (χ2v) is 7.49. The highest BCUT2D eigenvalue weighted by atomic mass is 16.5. The fraction of sp³-hybridized carbons (Fsp3) is 0.650. The van der Waals surface area contributed by atoms with Crippen LogP contribution in [0, 0.1) is 11.8 Å². The van der Waals surface area contributed by atoms with Gasteiger partial charge in [0.1, 0.15) is 5.75 Å². The van der Waals surface area contributed by atoms with Gasteiger partial charge in [0.2, 0.25) is 0 Å². The topological polar surface area (TPSA) is 45.7 Å². The van der Waals surface area contributed by atoms with E-state index in [2.05, 4.69) is 33.8 Å². The Labute approximate surface area is 145 Å². The zero-order valence-electron chi connectivity index (χ0n) is 14.6. The Kier molecular flexibility index (Phi) is 4.63. The normalized spacial score (nSPS) is 30.2. The average Bonchev–Trinajstić information content (AvgIpc) is 3.41. The Morgan fingerprint density at radius 2 is 1.92 bits per heavy atom. The van der Waals surface area contributed by atoms with Gasteiger partial charge in [0.05, 0.1) is 12.6 Å². The lowest BCUT2D eigenvalue weighted by molar-refractivity contribution is 0.261. The zero-order chi connectivity index (χ0) is 16.4. The molecule has 2 N–H and O–H groups in total. The van der Waals surface area contributed by atoms with Crippen LogP contribution >= 0.6 is 0 Å². The first-order valence-electron chi connectivity index (χ1n) is 9.56. The smallest absolute Gasteiger partial charge is 0.191 e. The highest BCUT2D eigenvalue weighted by Crippen LogP contribution is 2.44. The van der Waals surface area contributed by atoms with E-state index in [4.69, 9.17) is 4.74 Å². The van der Waals surface area contributed by atoms with Crippen molar-refractivity contribution in [2.45, 2.75) is 57.0 Å². The monoisotopic (exact) mass is 327 g/mol. The van der Waals surface area contributed by atoms with Crippen molar-refractivity contribution in [1.29, 1.82) is 0 Å². The molecular formula is C20H29N3O. The van der Waals surface area contributed by atoms with Crippen LogP contribution in [0.5, 0.6) is 5.75 Å². The molecule has 0 amide bonds. The van der Waals surface area contributed by atoms with Gasteiger partial charge in [-0.2, -0.15) is 0 Å². The van der Waals surface area contributed by atoms with Gasteiger partial charge < -0.3 is 15.4 Å². The van der Waals surface area contributed by atoms with Crippen LogP contribution in [0.2, 0.25) is 0 Å². The van der Waals surface area contributed by atoms with Crippen LogP contribution in [-0.4, -0.2) is 25.7 Å². The molecule has 0 aromatic heterocycles. The molecule has 4 nitrogen and oxygen atoms in total. The van der Waals surface area contributed by atoms with Crippen molar-refractivity contribution in [1.82, 2.24) is 10.6 Å². The largest absolute Gasteiger partial charge is 0.493 e. The lowest BCUT2D eigenvalue weighted by Gasteiger charge is -2.28. The lowest BCUT2D eigenvalue weighted by Crippen LogP contribution is -2.42. The van der Waals surface area contributed by atoms with E-state index in [0.717, 1.165) is 36.6 Å². The van der Waals surface area contributed by atoms with Gasteiger partial charge in [-0.25, -0.2) is 0 Å². The molecule has 1 aromatic rings. The van der Waals surface area contributed by atoms with Crippen molar-refractivity contribution in [3.05, 3.63) is 29.8 Å². The van der Waals surface area contributed by atoms with Crippen LogP contribution in [0.4, 0.5) is 0 Å². The van der Waals surface area contributed by atoms with Gasteiger partial charge in [0, 0.05) is 25.1 Å². The highest BCUT2D eigenvalue weighted by molar-refractivity contribution is 5.81. The van der Waals surface area contributed by atoms with Crippen LogP contribution in [-0.2, 0) is 0 Å². The summed E-state index contributed by atoms with van der Waals surface area (Å²) in [4.78, 5) is 4.47. The van der Waals surface area contributed by atoms with Gasteiger partial charge in [-0.3, -0.25) is 4.99 Å². The van der Waals surface area contributed by atoms with E-state index in [0.29, 0.717) is 6.04 Å². The predicted molar refractivity (Wildman–Crippen MR) is 97.4 cm³/mol. The number of fused-ring (bicyclic) bond motifs is 1. The number of benzene rings is 1. The first-order valence-corrected chi connectivity index (χ1v) is 9.56. The standard InChI is InChI=1S/C20H29N3O/c1-21-20(23-18-13-16(18)14-7-3-2-4-8-14)22-17-11-12-24-19-10-6-5-9-15(17)19/h5-6,9-10,14,16-18H,2-4,7-8,11-13H2,1H3,(H2,21,22,23). The van der Waals surface area contributed by atoms with Crippen molar-refractivity contribution in [3.63, 3.8) is 0 Å². The van der Waals surface area contributed by atoms with Gasteiger partial charge in [0.25, 0.3) is 0 Å². The van der Waals surface area contributed by atoms with E-state index in [9.17, 15) is 0 Å². The van der Waals surface area contributed by atoms with Gasteiger partial charge in [0.15, 0.2) is 5.96 Å². The maximum absolute atomic E-state index is 5.76. The van der Waals surface area contributed by atoms with E-state index >= 15 is 0 Å². The van der Waals surface area contributed by atoms with E-state index in [1.54, 1.807) is 0 Å². The molecule has 3 unspecified atom stereocenters. The van der Waals surface area contributed by atoms with Crippen molar-refractivity contribution < 1.29 is 4.74 Å². The van der Waals surface area contributed by atoms with Crippen LogP contribution in [0.1, 0.15) is 56.6 Å². The molecule has 0 bridgehead atoms. The number of ether oxygens (including phenoxy) is 1. The second kappa shape index (κ2) is 7.04. The van der Waals surface area contributed by atoms with Crippen molar-refractivity contribution >= 4 is 5.96 Å². The van der Waals surface area contributed by atoms with E-state index in [-0.39, 0.29) is 6.04 Å². The Bertz CT molecular complexity index is 594. The minimum atomic E-state index is 0.285. The fourth-order valence-electron chi connectivity index (χ4n) is 4.47. The molecule has 3 aliphatic rings. The SMILES string of the molecule is CN=C(NC1CCOc2ccccc21)NC1CC1C1CCCCC1. The summed E-state index contributed by atoms with van der Waals surface area (Å²) >= 11 is 0. The second-order valence-electron chi connectivity index (χ2n) is 7.49. The molecule has 4 heteroatoms. The maximum Gasteiger partial charge on any atom is 0.191 e. The Hall–Kier alpha value is -1.71. The zero-order valence-corrected chi connectivity index (χ0v) is 14.6. The van der Waals surface area contributed by atoms with Crippen LogP contribution in [0.25, 0.3) is 0 Å². The summed E-state index contributed by atoms with van der Waals surface area (Å²) in [5.74, 6) is 3.76. The molecule has 3 atom stereocenters. The quantitative estimate of drug-likeness (QED) is 0.658. The lowest BCUT2D eigenvalue weighted by atomic mass is 9.85. The molecular weight excluding hydrogens is 298 g/mol. The Balaban J connectivity index is 1.34. The van der Waals surface area contributed by atoms with Gasteiger partial charge >= 0.3 is 0 Å². The van der Waals surface area contributed by atoms with Crippen molar-refractivity contribution in [2.24, 2.45) is 16.8 Å². The maximum atomic E-state index is 5.76. The number of nitrogens with zero attached hydrogens (tertiary/aromatic N) is 1. The third kappa shape index (κ3) is 3.38. The minimum Gasteiger partial charge on any atom is -0.493 e. The third-order valence-electron chi connectivity index (χ3n) is 5.91. The molecule has 4 rings (SSSR count). The van der Waals surface area contributed by atoms with E-state index in [1.807, 2.05) is 13.1 Å². The number of aliphatic imine (C=N–C) groups is 1. The van der Waals surface area contributed by atoms with Crippen molar-refractivity contribution in [3.8, 4) is 5.75 Å². The molecule has 130 valence electrons. The Morgan fingerprint density at radius 3 is 2.75 bits per heavy atom. The first kappa shape index (κ1) is 15.8. The first-order chi connectivity index (χ1) is 11.8. The van der Waals surface area contributed by atoms with Gasteiger partial charge in [-0.1, -0.05) is 50.3 Å². The van der Waals surface area contributed by atoms with Crippen LogP contribution < -0.4 is 15.4 Å². The molecule has 24 heavy (non-hydrogen) atoms. The number of guanidine groups is 1. The molecule has 2 aliphatic carbocycles. The third-order valence-corrected chi connectivity index (χ3v) is 5.91. The minimum absolute atomic E-state index is 0.285. The summed E-state index contributed by atoms with van der Waals surface area (Å²) in [6.07, 6.45) is 9.46. The molecule has 1 heterocycles. The van der Waals surface area contributed by atoms with E-state index < -0.39 is 0 Å². The molecule has 2 fully saturated rings. The molecule has 2 saturated carbocycles. The molecule has 1 aromatic carbocycles. The van der Waals surface area contributed by atoms with Crippen LogP contribution in [0.3, 0.4) is 0 Å². The van der Waals surface area contributed by atoms with Crippen LogP contribution in [0.15, 0.2) is 29.3 Å². The number of para-hydroxylation sites is 1. The fourth-order valence-corrected chi connectivity index (χ4v) is 4.47. The average molecular weight is 327 g/mol. The summed E-state index contributed by atoms with van der Waals surface area (Å²) in [5, 5.41) is 7.28. The number of nitrogens with one attached hydrogen (secondary N) is 2. The van der Waals surface area contributed by atoms with Gasteiger partial charge in [-0.15, -0.1) is 0 Å².